The molecule has 0 spiro atoms. The van der Waals surface area contributed by atoms with Crippen LogP contribution in [-0.4, -0.2) is 11.9 Å². The van der Waals surface area contributed by atoms with Gasteiger partial charge in [0.15, 0.2) is 0 Å². The normalized spacial score (nSPS) is 10.4. The number of amides is 1. The molecule has 1 amide bonds. The Morgan fingerprint density at radius 2 is 1.65 bits per heavy atom. The number of esters is 1. The van der Waals surface area contributed by atoms with Crippen molar-refractivity contribution in [1.82, 2.24) is 0 Å². The van der Waals surface area contributed by atoms with Gasteiger partial charge in [-0.05, 0) is 42.0 Å². The van der Waals surface area contributed by atoms with Gasteiger partial charge in [-0.15, -0.1) is 0 Å². The predicted octanol–water partition coefficient (Wildman–Crippen LogP) is 3.78. The number of ether oxygens (including phenoxy) is 1. The lowest BCUT2D eigenvalue weighted by Crippen LogP contribution is -2.17. The highest BCUT2D eigenvalue weighted by molar-refractivity contribution is 5.93. The second-order valence-corrected chi connectivity index (χ2v) is 5.42. The van der Waals surface area contributed by atoms with E-state index in [1.165, 1.54) is 12.1 Å². The van der Waals surface area contributed by atoms with E-state index in [1.807, 2.05) is 0 Å². The number of benzene rings is 2. The molecule has 0 aliphatic rings. The third-order valence-electron chi connectivity index (χ3n) is 3.20. The van der Waals surface area contributed by atoms with Crippen molar-refractivity contribution in [3.63, 3.8) is 0 Å². The van der Waals surface area contributed by atoms with Crippen molar-refractivity contribution < 1.29 is 18.7 Å². The first-order valence-electron chi connectivity index (χ1n) is 7.28. The largest absolute Gasteiger partial charge is 0.457 e. The fourth-order valence-corrected chi connectivity index (χ4v) is 1.79. The molecule has 0 bridgehead atoms. The van der Waals surface area contributed by atoms with Gasteiger partial charge in [-0.3, -0.25) is 4.79 Å². The zero-order valence-corrected chi connectivity index (χ0v) is 13.0. The second kappa shape index (κ2) is 7.54. The Balaban J connectivity index is 1.92. The van der Waals surface area contributed by atoms with Gasteiger partial charge in [-0.1, -0.05) is 26.0 Å². The zero-order valence-electron chi connectivity index (χ0n) is 13.0. The van der Waals surface area contributed by atoms with Gasteiger partial charge in [0.05, 0.1) is 5.56 Å². The molecule has 0 radical (unpaired) electrons. The van der Waals surface area contributed by atoms with Crippen molar-refractivity contribution in [3.8, 4) is 0 Å². The van der Waals surface area contributed by atoms with Crippen LogP contribution in [0.1, 0.15) is 29.8 Å². The quantitative estimate of drug-likeness (QED) is 0.854. The van der Waals surface area contributed by atoms with Crippen LogP contribution >= 0.6 is 0 Å². The van der Waals surface area contributed by atoms with Gasteiger partial charge in [0.2, 0.25) is 5.91 Å². The lowest BCUT2D eigenvalue weighted by molar-refractivity contribution is -0.118. The maximum absolute atomic E-state index is 12.8. The molecule has 2 rings (SSSR count). The summed E-state index contributed by atoms with van der Waals surface area (Å²) in [7, 11) is 0. The molecular weight excluding hydrogens is 297 g/mol. The van der Waals surface area contributed by atoms with E-state index in [4.69, 9.17) is 4.74 Å². The molecule has 0 aromatic heterocycles. The number of halogens is 1. The molecule has 120 valence electrons. The molecule has 4 nitrogen and oxygen atoms in total. The summed E-state index contributed by atoms with van der Waals surface area (Å²) >= 11 is 0. The minimum atomic E-state index is -0.476. The lowest BCUT2D eigenvalue weighted by Gasteiger charge is -2.09. The molecule has 0 aliphatic heterocycles. The van der Waals surface area contributed by atoms with Gasteiger partial charge in [0.25, 0.3) is 0 Å². The standard InChI is InChI=1S/C18H18FNO3/c1-12(2)17(21)20-16-9-5-14(6-10-16)18(22)23-11-13-3-7-15(19)8-4-13/h3-10,12H,11H2,1-2H3,(H,20,21). The summed E-state index contributed by atoms with van der Waals surface area (Å²) in [6.45, 7) is 3.68. The van der Waals surface area contributed by atoms with Crippen molar-refractivity contribution in [3.05, 3.63) is 65.5 Å². The van der Waals surface area contributed by atoms with E-state index < -0.39 is 5.97 Å². The maximum Gasteiger partial charge on any atom is 0.338 e. The Bertz CT molecular complexity index is 678. The van der Waals surface area contributed by atoms with Crippen LogP contribution in [0.15, 0.2) is 48.5 Å². The summed E-state index contributed by atoms with van der Waals surface area (Å²) in [5, 5.41) is 2.74. The number of hydrogen-bond acceptors (Lipinski definition) is 3. The van der Waals surface area contributed by atoms with Crippen LogP contribution in [0.25, 0.3) is 0 Å². The molecule has 0 unspecified atom stereocenters. The van der Waals surface area contributed by atoms with Gasteiger partial charge < -0.3 is 10.1 Å². The Morgan fingerprint density at radius 1 is 1.04 bits per heavy atom. The van der Waals surface area contributed by atoms with E-state index in [0.717, 1.165) is 0 Å². The van der Waals surface area contributed by atoms with Gasteiger partial charge in [-0.25, -0.2) is 9.18 Å². The SMILES string of the molecule is CC(C)C(=O)Nc1ccc(C(=O)OCc2ccc(F)cc2)cc1. The predicted molar refractivity (Wildman–Crippen MR) is 85.4 cm³/mol. The highest BCUT2D eigenvalue weighted by Gasteiger charge is 2.10. The van der Waals surface area contributed by atoms with Crippen LogP contribution in [-0.2, 0) is 16.1 Å². The highest BCUT2D eigenvalue weighted by Crippen LogP contribution is 2.13. The van der Waals surface area contributed by atoms with Gasteiger partial charge in [-0.2, -0.15) is 0 Å². The van der Waals surface area contributed by atoms with Crippen LogP contribution in [0, 0.1) is 11.7 Å². The average molecular weight is 315 g/mol. The molecular formula is C18H18FNO3. The fraction of sp³-hybridized carbons (Fsp3) is 0.222. The number of carbonyl (C=O) groups is 2. The summed E-state index contributed by atoms with van der Waals surface area (Å²) in [4.78, 5) is 23.5. The molecule has 2 aromatic carbocycles. The van der Waals surface area contributed by atoms with E-state index in [1.54, 1.807) is 50.2 Å². The molecule has 0 heterocycles. The Hall–Kier alpha value is -2.69. The monoisotopic (exact) mass is 315 g/mol. The second-order valence-electron chi connectivity index (χ2n) is 5.42. The van der Waals surface area contributed by atoms with Gasteiger partial charge >= 0.3 is 5.97 Å². The van der Waals surface area contributed by atoms with Gasteiger partial charge in [0, 0.05) is 11.6 Å². The average Bonchev–Trinajstić information content (AvgIpc) is 2.54. The van der Waals surface area contributed by atoms with E-state index in [9.17, 15) is 14.0 Å². The minimum Gasteiger partial charge on any atom is -0.457 e. The molecule has 0 atom stereocenters. The molecule has 2 aromatic rings. The summed E-state index contributed by atoms with van der Waals surface area (Å²) in [6.07, 6.45) is 0. The third-order valence-corrected chi connectivity index (χ3v) is 3.20. The topological polar surface area (TPSA) is 55.4 Å². The summed E-state index contributed by atoms with van der Waals surface area (Å²) in [5.41, 5.74) is 1.72. The molecule has 0 saturated heterocycles. The third kappa shape index (κ3) is 4.92. The van der Waals surface area contributed by atoms with Crippen molar-refractivity contribution >= 4 is 17.6 Å². The van der Waals surface area contributed by atoms with Gasteiger partial charge in [0.1, 0.15) is 12.4 Å². The fourth-order valence-electron chi connectivity index (χ4n) is 1.79. The first kappa shape index (κ1) is 16.7. The van der Waals surface area contributed by atoms with Crippen molar-refractivity contribution in [1.29, 1.82) is 0 Å². The maximum atomic E-state index is 12.8. The summed E-state index contributed by atoms with van der Waals surface area (Å²) < 4.78 is 18.0. The van der Waals surface area contributed by atoms with E-state index in [2.05, 4.69) is 5.32 Å². The van der Waals surface area contributed by atoms with Crippen LogP contribution in [0.3, 0.4) is 0 Å². The van der Waals surface area contributed by atoms with Crippen molar-refractivity contribution in [2.75, 3.05) is 5.32 Å². The van der Waals surface area contributed by atoms with E-state index >= 15 is 0 Å². The molecule has 5 heteroatoms. The Kier molecular flexibility index (Phi) is 5.46. The van der Waals surface area contributed by atoms with Crippen LogP contribution in [0.5, 0.6) is 0 Å². The molecule has 23 heavy (non-hydrogen) atoms. The van der Waals surface area contributed by atoms with Crippen LogP contribution < -0.4 is 5.32 Å². The summed E-state index contributed by atoms with van der Waals surface area (Å²) in [5.74, 6) is -1.01. The number of anilines is 1. The number of carbonyl (C=O) groups excluding carboxylic acids is 2. The number of nitrogens with one attached hydrogen (secondary N) is 1. The smallest absolute Gasteiger partial charge is 0.338 e. The minimum absolute atomic E-state index is 0.0744. The van der Waals surface area contributed by atoms with Crippen molar-refractivity contribution in [2.24, 2.45) is 5.92 Å². The van der Waals surface area contributed by atoms with Crippen LogP contribution in [0.4, 0.5) is 10.1 Å². The first-order valence-corrected chi connectivity index (χ1v) is 7.28. The molecule has 1 N–H and O–H groups in total. The highest BCUT2D eigenvalue weighted by atomic mass is 19.1. The lowest BCUT2D eigenvalue weighted by atomic mass is 10.1. The van der Waals surface area contributed by atoms with Crippen LogP contribution in [0.2, 0.25) is 0 Å². The molecule has 0 aliphatic carbocycles. The Morgan fingerprint density at radius 3 is 2.22 bits per heavy atom. The molecule has 0 saturated carbocycles. The number of hydrogen-bond donors (Lipinski definition) is 1. The Labute approximate surface area is 134 Å². The van der Waals surface area contributed by atoms with E-state index in [-0.39, 0.29) is 24.2 Å². The number of rotatable bonds is 5. The van der Waals surface area contributed by atoms with Crippen molar-refractivity contribution in [2.45, 2.75) is 20.5 Å². The first-order chi connectivity index (χ1) is 11.0. The zero-order chi connectivity index (χ0) is 16.8. The van der Waals surface area contributed by atoms with E-state index in [0.29, 0.717) is 16.8 Å². The summed E-state index contributed by atoms with van der Waals surface area (Å²) in [6, 6.07) is 12.2. The molecule has 0 fully saturated rings.